The fourth-order valence-electron chi connectivity index (χ4n) is 2.98. The lowest BCUT2D eigenvalue weighted by Crippen LogP contribution is -2.12. The van der Waals surface area contributed by atoms with Crippen molar-refractivity contribution < 1.29 is 9.47 Å². The summed E-state index contributed by atoms with van der Waals surface area (Å²) in [7, 11) is 3.19. The largest absolute Gasteiger partial charge is 0.493 e. The van der Waals surface area contributed by atoms with E-state index in [1.807, 2.05) is 48.5 Å². The molecule has 29 heavy (non-hydrogen) atoms. The molecule has 0 amide bonds. The van der Waals surface area contributed by atoms with Crippen LogP contribution in [0.3, 0.4) is 0 Å². The van der Waals surface area contributed by atoms with Crippen LogP contribution in [0.2, 0.25) is 5.02 Å². The van der Waals surface area contributed by atoms with Crippen molar-refractivity contribution in [3.05, 3.63) is 69.5 Å². The molecule has 0 unspecified atom stereocenters. The molecule has 4 aromatic rings. The van der Waals surface area contributed by atoms with E-state index in [1.165, 1.54) is 11.3 Å². The molecule has 0 saturated heterocycles. The van der Waals surface area contributed by atoms with Gasteiger partial charge in [-0.05, 0) is 41.5 Å². The SMILES string of the molecule is COc1ccc(-c2cc3nc(NCc4ccccc4Cl)[nH]c(=O)c3s2)cc1OC. The summed E-state index contributed by atoms with van der Waals surface area (Å²) in [6, 6.07) is 15.1. The third-order valence-electron chi connectivity index (χ3n) is 4.46. The smallest absolute Gasteiger partial charge is 0.270 e. The molecular formula is C21H18ClN3O3S. The number of H-pyrrole nitrogens is 1. The minimum Gasteiger partial charge on any atom is -0.493 e. The number of anilines is 1. The second-order valence-corrected chi connectivity index (χ2v) is 7.71. The van der Waals surface area contributed by atoms with Gasteiger partial charge in [0.05, 0.1) is 19.7 Å². The summed E-state index contributed by atoms with van der Waals surface area (Å²) in [6.07, 6.45) is 0. The summed E-state index contributed by atoms with van der Waals surface area (Å²) in [6.45, 7) is 0.459. The molecule has 148 valence electrons. The Labute approximate surface area is 176 Å². The van der Waals surface area contributed by atoms with E-state index in [0.717, 1.165) is 16.0 Å². The van der Waals surface area contributed by atoms with Gasteiger partial charge in [-0.15, -0.1) is 11.3 Å². The van der Waals surface area contributed by atoms with E-state index in [9.17, 15) is 4.79 Å². The first-order valence-electron chi connectivity index (χ1n) is 8.82. The van der Waals surface area contributed by atoms with Crippen molar-refractivity contribution in [2.75, 3.05) is 19.5 Å². The van der Waals surface area contributed by atoms with Gasteiger partial charge < -0.3 is 14.8 Å². The van der Waals surface area contributed by atoms with E-state index in [1.54, 1.807) is 14.2 Å². The molecule has 0 bridgehead atoms. The molecule has 4 rings (SSSR count). The van der Waals surface area contributed by atoms with Crippen molar-refractivity contribution in [3.63, 3.8) is 0 Å². The first kappa shape index (κ1) is 19.3. The summed E-state index contributed by atoms with van der Waals surface area (Å²) < 4.78 is 11.2. The normalized spacial score (nSPS) is 10.9. The summed E-state index contributed by atoms with van der Waals surface area (Å²) >= 11 is 7.57. The number of thiophene rings is 1. The van der Waals surface area contributed by atoms with Crippen LogP contribution in [0, 0.1) is 0 Å². The molecule has 2 heterocycles. The van der Waals surface area contributed by atoms with Gasteiger partial charge in [0.15, 0.2) is 11.5 Å². The predicted octanol–water partition coefficient (Wildman–Crippen LogP) is 4.93. The van der Waals surface area contributed by atoms with Crippen molar-refractivity contribution in [1.82, 2.24) is 9.97 Å². The standard InChI is InChI=1S/C21H18ClN3O3S/c1-27-16-8-7-12(9-17(16)28-2)18-10-15-19(29-18)20(26)25-21(24-15)23-11-13-5-3-4-6-14(13)22/h3-10H,11H2,1-2H3,(H2,23,24,25,26). The number of aromatic nitrogens is 2. The fraction of sp³-hybridized carbons (Fsp3) is 0.143. The highest BCUT2D eigenvalue weighted by Gasteiger charge is 2.13. The van der Waals surface area contributed by atoms with Crippen molar-refractivity contribution in [1.29, 1.82) is 0 Å². The number of nitrogens with one attached hydrogen (secondary N) is 2. The summed E-state index contributed by atoms with van der Waals surface area (Å²) in [5.41, 5.74) is 2.29. The van der Waals surface area contributed by atoms with Gasteiger partial charge in [0.1, 0.15) is 4.70 Å². The number of halogens is 1. The monoisotopic (exact) mass is 427 g/mol. The van der Waals surface area contributed by atoms with Gasteiger partial charge in [0.2, 0.25) is 5.95 Å². The van der Waals surface area contributed by atoms with Crippen LogP contribution < -0.4 is 20.3 Å². The van der Waals surface area contributed by atoms with Gasteiger partial charge in [-0.1, -0.05) is 29.8 Å². The maximum Gasteiger partial charge on any atom is 0.270 e. The Morgan fingerprint density at radius 1 is 1.10 bits per heavy atom. The molecular weight excluding hydrogens is 410 g/mol. The van der Waals surface area contributed by atoms with E-state index in [-0.39, 0.29) is 5.56 Å². The second kappa shape index (κ2) is 8.14. The Hall–Kier alpha value is -3.03. The van der Waals surface area contributed by atoms with Gasteiger partial charge >= 0.3 is 0 Å². The lowest BCUT2D eigenvalue weighted by molar-refractivity contribution is 0.355. The number of hydrogen-bond acceptors (Lipinski definition) is 6. The first-order chi connectivity index (χ1) is 14.1. The molecule has 0 aliphatic heterocycles. The number of ether oxygens (including phenoxy) is 2. The average molecular weight is 428 g/mol. The summed E-state index contributed by atoms with van der Waals surface area (Å²) in [5, 5.41) is 3.80. The molecule has 2 aromatic heterocycles. The highest BCUT2D eigenvalue weighted by atomic mass is 35.5. The van der Waals surface area contributed by atoms with Crippen LogP contribution in [0.5, 0.6) is 11.5 Å². The Balaban J connectivity index is 1.65. The third kappa shape index (κ3) is 3.92. The van der Waals surface area contributed by atoms with Crippen LogP contribution in [-0.2, 0) is 6.54 Å². The van der Waals surface area contributed by atoms with Crippen LogP contribution in [0.1, 0.15) is 5.56 Å². The molecule has 0 radical (unpaired) electrons. The molecule has 0 atom stereocenters. The molecule has 2 N–H and O–H groups in total. The zero-order valence-corrected chi connectivity index (χ0v) is 17.4. The number of nitrogens with zero attached hydrogens (tertiary/aromatic N) is 1. The second-order valence-electron chi connectivity index (χ2n) is 6.25. The number of hydrogen-bond donors (Lipinski definition) is 2. The van der Waals surface area contributed by atoms with Crippen molar-refractivity contribution in [3.8, 4) is 21.9 Å². The average Bonchev–Trinajstić information content (AvgIpc) is 3.17. The summed E-state index contributed by atoms with van der Waals surface area (Å²) in [5.74, 6) is 1.69. The topological polar surface area (TPSA) is 76.2 Å². The number of fused-ring (bicyclic) bond motifs is 1. The Morgan fingerprint density at radius 3 is 2.66 bits per heavy atom. The van der Waals surface area contributed by atoms with Crippen molar-refractivity contribution >= 4 is 39.1 Å². The van der Waals surface area contributed by atoms with E-state index in [4.69, 9.17) is 21.1 Å². The third-order valence-corrected chi connectivity index (χ3v) is 6.00. The van der Waals surface area contributed by atoms with Crippen LogP contribution in [0.25, 0.3) is 20.7 Å². The fourth-order valence-corrected chi connectivity index (χ4v) is 4.17. The summed E-state index contributed by atoms with van der Waals surface area (Å²) in [4.78, 5) is 20.8. The Kier molecular flexibility index (Phi) is 5.42. The number of rotatable bonds is 6. The van der Waals surface area contributed by atoms with Gasteiger partial charge in [0.25, 0.3) is 5.56 Å². The Bertz CT molecular complexity index is 1240. The molecule has 0 fully saturated rings. The maximum absolute atomic E-state index is 12.6. The van der Waals surface area contributed by atoms with Gasteiger partial charge in [-0.2, -0.15) is 0 Å². The van der Waals surface area contributed by atoms with Crippen LogP contribution in [-0.4, -0.2) is 24.2 Å². The lowest BCUT2D eigenvalue weighted by Gasteiger charge is -2.08. The number of methoxy groups -OCH3 is 2. The van der Waals surface area contributed by atoms with E-state index < -0.39 is 0 Å². The molecule has 0 aliphatic rings. The predicted molar refractivity (Wildman–Crippen MR) is 118 cm³/mol. The molecule has 2 aromatic carbocycles. The van der Waals surface area contributed by atoms with E-state index in [2.05, 4.69) is 15.3 Å². The molecule has 0 aliphatic carbocycles. The first-order valence-corrected chi connectivity index (χ1v) is 10.0. The molecule has 0 spiro atoms. The molecule has 8 heteroatoms. The van der Waals surface area contributed by atoms with Crippen LogP contribution >= 0.6 is 22.9 Å². The van der Waals surface area contributed by atoms with Crippen molar-refractivity contribution in [2.45, 2.75) is 6.54 Å². The number of benzene rings is 2. The quantitative estimate of drug-likeness (QED) is 0.456. The minimum atomic E-state index is -0.187. The van der Waals surface area contributed by atoms with Gasteiger partial charge in [-0.3, -0.25) is 9.78 Å². The van der Waals surface area contributed by atoms with Gasteiger partial charge in [0, 0.05) is 16.4 Å². The van der Waals surface area contributed by atoms with E-state index >= 15 is 0 Å². The zero-order chi connectivity index (χ0) is 20.4. The number of aromatic amines is 1. The lowest BCUT2D eigenvalue weighted by atomic mass is 10.1. The van der Waals surface area contributed by atoms with E-state index in [0.29, 0.717) is 39.2 Å². The maximum atomic E-state index is 12.6. The highest BCUT2D eigenvalue weighted by molar-refractivity contribution is 7.22. The van der Waals surface area contributed by atoms with Crippen LogP contribution in [0.4, 0.5) is 5.95 Å². The van der Waals surface area contributed by atoms with Crippen LogP contribution in [0.15, 0.2) is 53.3 Å². The van der Waals surface area contributed by atoms with Crippen molar-refractivity contribution in [2.24, 2.45) is 0 Å². The molecule has 6 nitrogen and oxygen atoms in total. The highest BCUT2D eigenvalue weighted by Crippen LogP contribution is 2.36. The Morgan fingerprint density at radius 2 is 1.90 bits per heavy atom. The molecule has 0 saturated carbocycles. The minimum absolute atomic E-state index is 0.187. The zero-order valence-electron chi connectivity index (χ0n) is 15.8. The van der Waals surface area contributed by atoms with Gasteiger partial charge in [-0.25, -0.2) is 4.98 Å².